The van der Waals surface area contributed by atoms with Crippen molar-refractivity contribution in [2.24, 2.45) is 0 Å². The van der Waals surface area contributed by atoms with Crippen LogP contribution in [0.3, 0.4) is 0 Å². The van der Waals surface area contributed by atoms with Crippen LogP contribution in [0.2, 0.25) is 5.02 Å². The summed E-state index contributed by atoms with van der Waals surface area (Å²) in [5.41, 5.74) is 6.84. The molecule has 0 aliphatic carbocycles. The average Bonchev–Trinajstić information content (AvgIpc) is 3.26. The van der Waals surface area contributed by atoms with E-state index in [-0.39, 0.29) is 17.2 Å². The molecule has 0 spiro atoms. The summed E-state index contributed by atoms with van der Waals surface area (Å²) in [5.74, 6) is -0.179. The number of aromatic nitrogens is 3. The van der Waals surface area contributed by atoms with Crippen molar-refractivity contribution in [2.45, 2.75) is 5.16 Å². The maximum Gasteiger partial charge on any atom is 0.271 e. The highest BCUT2D eigenvalue weighted by molar-refractivity contribution is 7.99. The van der Waals surface area contributed by atoms with Gasteiger partial charge >= 0.3 is 0 Å². The van der Waals surface area contributed by atoms with Gasteiger partial charge in [-0.2, -0.15) is 0 Å². The Morgan fingerprint density at radius 1 is 0.844 bits per heavy atom. The number of para-hydroxylation sites is 1. The Morgan fingerprint density at radius 3 is 2.22 bits per heavy atom. The molecule has 32 heavy (non-hydrogen) atoms. The Labute approximate surface area is 193 Å². The minimum atomic E-state index is -0.493. The molecule has 0 unspecified atom stereocenters. The van der Waals surface area contributed by atoms with Crippen LogP contribution in [0, 0.1) is 0 Å². The number of benzene rings is 3. The van der Waals surface area contributed by atoms with Crippen LogP contribution in [-0.2, 0) is 4.79 Å². The van der Waals surface area contributed by atoms with Crippen molar-refractivity contribution in [1.82, 2.24) is 25.6 Å². The number of nitrogens with one attached hydrogen (secondary N) is 2. The second-order valence-electron chi connectivity index (χ2n) is 6.61. The zero-order valence-corrected chi connectivity index (χ0v) is 18.3. The highest BCUT2D eigenvalue weighted by Crippen LogP contribution is 2.27. The number of amides is 2. The second kappa shape index (κ2) is 10.1. The molecule has 2 amide bonds. The van der Waals surface area contributed by atoms with Crippen LogP contribution in [-0.4, -0.2) is 32.3 Å². The Hall–Kier alpha value is -3.62. The van der Waals surface area contributed by atoms with E-state index in [4.69, 9.17) is 11.6 Å². The Bertz CT molecular complexity index is 1230. The lowest BCUT2D eigenvalue weighted by atomic mass is 10.2. The summed E-state index contributed by atoms with van der Waals surface area (Å²) in [6.45, 7) is 0. The van der Waals surface area contributed by atoms with Crippen molar-refractivity contribution in [1.29, 1.82) is 0 Å². The zero-order valence-electron chi connectivity index (χ0n) is 16.7. The molecule has 0 saturated heterocycles. The predicted molar refractivity (Wildman–Crippen MR) is 125 cm³/mol. The maximum absolute atomic E-state index is 12.3. The van der Waals surface area contributed by atoms with Gasteiger partial charge in [0.25, 0.3) is 5.91 Å². The second-order valence-corrected chi connectivity index (χ2v) is 7.96. The fourth-order valence-corrected chi connectivity index (χ4v) is 3.93. The summed E-state index contributed by atoms with van der Waals surface area (Å²) in [6, 6.07) is 26.0. The third-order valence-corrected chi connectivity index (χ3v) is 5.70. The van der Waals surface area contributed by atoms with Gasteiger partial charge in [-0.15, -0.1) is 10.2 Å². The molecule has 0 atom stereocenters. The fourth-order valence-electron chi connectivity index (χ4n) is 2.95. The lowest BCUT2D eigenvalue weighted by molar-refractivity contribution is -0.119. The average molecular weight is 464 g/mol. The molecule has 0 bridgehead atoms. The topological polar surface area (TPSA) is 88.9 Å². The van der Waals surface area contributed by atoms with Crippen molar-refractivity contribution < 1.29 is 9.59 Å². The number of carbonyl (C=O) groups excluding carboxylic acids is 2. The third-order valence-electron chi connectivity index (χ3n) is 4.45. The highest BCUT2D eigenvalue weighted by Gasteiger charge is 2.17. The van der Waals surface area contributed by atoms with Crippen molar-refractivity contribution in [3.63, 3.8) is 0 Å². The van der Waals surface area contributed by atoms with Crippen LogP contribution in [0.5, 0.6) is 0 Å². The molecular formula is C23H18ClN5O2S. The summed E-state index contributed by atoms with van der Waals surface area (Å²) in [7, 11) is 0. The number of nitrogens with zero attached hydrogens (tertiary/aromatic N) is 3. The predicted octanol–water partition coefficient (Wildman–Crippen LogP) is 4.14. The van der Waals surface area contributed by atoms with Crippen molar-refractivity contribution in [3.8, 4) is 17.1 Å². The quantitative estimate of drug-likeness (QED) is 0.331. The molecule has 0 saturated carbocycles. The molecule has 160 valence electrons. The molecule has 0 radical (unpaired) electrons. The molecule has 0 aliphatic rings. The third kappa shape index (κ3) is 4.99. The van der Waals surface area contributed by atoms with Crippen LogP contribution in [0.4, 0.5) is 0 Å². The molecule has 4 aromatic rings. The van der Waals surface area contributed by atoms with Gasteiger partial charge in [0.15, 0.2) is 11.0 Å². The molecular weight excluding hydrogens is 446 g/mol. The number of hydrogen-bond donors (Lipinski definition) is 2. The monoisotopic (exact) mass is 463 g/mol. The first-order valence-corrected chi connectivity index (χ1v) is 11.0. The van der Waals surface area contributed by atoms with Crippen LogP contribution < -0.4 is 10.9 Å². The van der Waals surface area contributed by atoms with Gasteiger partial charge in [-0.3, -0.25) is 25.0 Å². The Morgan fingerprint density at radius 2 is 1.50 bits per heavy atom. The lowest BCUT2D eigenvalue weighted by Crippen LogP contribution is -2.42. The molecule has 3 aromatic carbocycles. The summed E-state index contributed by atoms with van der Waals surface area (Å²) in [6.07, 6.45) is 0. The summed E-state index contributed by atoms with van der Waals surface area (Å²) in [4.78, 5) is 24.5. The van der Waals surface area contributed by atoms with Gasteiger partial charge in [-0.1, -0.05) is 84.0 Å². The number of rotatable bonds is 6. The van der Waals surface area contributed by atoms with E-state index in [0.29, 0.717) is 16.0 Å². The first kappa shape index (κ1) is 21.6. The molecule has 1 aromatic heterocycles. The van der Waals surface area contributed by atoms with Crippen LogP contribution in [0.1, 0.15) is 10.4 Å². The summed E-state index contributed by atoms with van der Waals surface area (Å²) in [5, 5.41) is 9.49. The van der Waals surface area contributed by atoms with E-state index in [1.807, 2.05) is 65.2 Å². The minimum absolute atomic E-state index is 0.0303. The number of carbonyl (C=O) groups is 2. The van der Waals surface area contributed by atoms with E-state index in [0.717, 1.165) is 11.3 Å². The van der Waals surface area contributed by atoms with Gasteiger partial charge in [-0.05, 0) is 24.3 Å². The fraction of sp³-hybridized carbons (Fsp3) is 0.0435. The molecule has 0 aliphatic heterocycles. The highest BCUT2D eigenvalue weighted by atomic mass is 35.5. The normalized spacial score (nSPS) is 10.5. The number of hydrazine groups is 1. The van der Waals surface area contributed by atoms with Crippen molar-refractivity contribution >= 4 is 35.2 Å². The maximum atomic E-state index is 12.3. The van der Waals surface area contributed by atoms with E-state index in [1.54, 1.807) is 24.3 Å². The lowest BCUT2D eigenvalue weighted by Gasteiger charge is -2.11. The van der Waals surface area contributed by atoms with E-state index in [2.05, 4.69) is 21.0 Å². The summed E-state index contributed by atoms with van der Waals surface area (Å²) >= 11 is 7.22. The minimum Gasteiger partial charge on any atom is -0.272 e. The Balaban J connectivity index is 1.46. The SMILES string of the molecule is O=C(CSc1nnc(-c2ccccc2)n1-c1ccccc1)NNC(=O)c1ccccc1Cl. The molecule has 9 heteroatoms. The van der Waals surface area contributed by atoms with Gasteiger partial charge in [0, 0.05) is 11.3 Å². The summed E-state index contributed by atoms with van der Waals surface area (Å²) < 4.78 is 1.90. The van der Waals surface area contributed by atoms with E-state index < -0.39 is 5.91 Å². The number of thioether (sulfide) groups is 1. The van der Waals surface area contributed by atoms with Gasteiger partial charge < -0.3 is 0 Å². The number of halogens is 1. The van der Waals surface area contributed by atoms with Gasteiger partial charge in [0.2, 0.25) is 5.91 Å². The van der Waals surface area contributed by atoms with Crippen LogP contribution in [0.25, 0.3) is 17.1 Å². The van der Waals surface area contributed by atoms with Gasteiger partial charge in [0.1, 0.15) is 0 Å². The first-order chi connectivity index (χ1) is 15.6. The zero-order chi connectivity index (χ0) is 22.3. The molecule has 7 nitrogen and oxygen atoms in total. The number of hydrogen-bond acceptors (Lipinski definition) is 5. The largest absolute Gasteiger partial charge is 0.272 e. The van der Waals surface area contributed by atoms with Gasteiger partial charge in [0.05, 0.1) is 16.3 Å². The molecule has 1 heterocycles. The van der Waals surface area contributed by atoms with E-state index in [9.17, 15) is 9.59 Å². The van der Waals surface area contributed by atoms with E-state index >= 15 is 0 Å². The standard InChI is InChI=1S/C23H18ClN5O2S/c24-19-14-8-7-13-18(19)22(31)27-25-20(30)15-32-23-28-26-21(16-9-3-1-4-10-16)29(23)17-11-5-2-6-12-17/h1-14H,15H2,(H,25,30)(H,27,31). The smallest absolute Gasteiger partial charge is 0.271 e. The molecule has 4 rings (SSSR count). The van der Waals surface area contributed by atoms with Crippen LogP contribution in [0.15, 0.2) is 90.1 Å². The molecule has 2 N–H and O–H groups in total. The van der Waals surface area contributed by atoms with Crippen molar-refractivity contribution in [2.75, 3.05) is 5.75 Å². The molecule has 0 fully saturated rings. The first-order valence-electron chi connectivity index (χ1n) is 9.66. The van der Waals surface area contributed by atoms with E-state index in [1.165, 1.54) is 11.8 Å². The van der Waals surface area contributed by atoms with Crippen LogP contribution >= 0.6 is 23.4 Å². The van der Waals surface area contributed by atoms with Gasteiger partial charge in [-0.25, -0.2) is 0 Å². The van der Waals surface area contributed by atoms with Crippen molar-refractivity contribution in [3.05, 3.63) is 95.5 Å². The Kier molecular flexibility index (Phi) is 6.84.